The van der Waals surface area contributed by atoms with Crippen molar-refractivity contribution in [3.63, 3.8) is 0 Å². The lowest BCUT2D eigenvalue weighted by atomic mass is 10.5. The predicted molar refractivity (Wildman–Crippen MR) is 66.1 cm³/mol. The Morgan fingerprint density at radius 3 is 2.68 bits per heavy atom. The van der Waals surface area contributed by atoms with Gasteiger partial charge in [-0.3, -0.25) is 0 Å². The largest absolute Gasteiger partial charge is 0.465 e. The number of methoxy groups -OCH3 is 1. The van der Waals surface area contributed by atoms with Crippen molar-refractivity contribution in [1.29, 1.82) is 0 Å². The zero-order chi connectivity index (χ0) is 14.5. The number of amides is 1. The molecule has 1 rings (SSSR count). The van der Waals surface area contributed by atoms with Crippen LogP contribution in [0.15, 0.2) is 16.3 Å². The molecule has 1 aromatic rings. The molecule has 0 aliphatic rings. The molecule has 1 amide bonds. The summed E-state index contributed by atoms with van der Waals surface area (Å²) in [6, 6.07) is 1.23. The van der Waals surface area contributed by atoms with Gasteiger partial charge in [0.05, 0.1) is 13.7 Å². The molecule has 0 atom stereocenters. The summed E-state index contributed by atoms with van der Waals surface area (Å²) in [7, 11) is -2.93. The first-order valence-electron chi connectivity index (χ1n) is 5.02. The zero-order valence-electron chi connectivity index (χ0n) is 10.1. The summed E-state index contributed by atoms with van der Waals surface area (Å²) in [5.74, 6) is -0.772. The normalized spacial score (nSPS) is 10.8. The van der Waals surface area contributed by atoms with Gasteiger partial charge in [-0.15, -0.1) is 16.2 Å². The number of nitrogens with one attached hydrogen (secondary N) is 2. The SMILES string of the molecule is CCOC(=O)NNS(=O)(=O)c1ccsc1C(=O)OC. The molecule has 0 aliphatic heterocycles. The number of ether oxygens (including phenoxy) is 2. The van der Waals surface area contributed by atoms with E-state index in [-0.39, 0.29) is 16.4 Å². The molecule has 0 aliphatic carbocycles. The van der Waals surface area contributed by atoms with Crippen LogP contribution >= 0.6 is 11.3 Å². The van der Waals surface area contributed by atoms with E-state index in [0.717, 1.165) is 18.4 Å². The van der Waals surface area contributed by atoms with Crippen LogP contribution in [0.2, 0.25) is 0 Å². The number of carbonyl (C=O) groups is 2. The van der Waals surface area contributed by atoms with Crippen LogP contribution in [-0.2, 0) is 19.5 Å². The third-order valence-corrected chi connectivity index (χ3v) is 4.17. The third-order valence-electron chi connectivity index (χ3n) is 1.85. The van der Waals surface area contributed by atoms with Gasteiger partial charge in [0.25, 0.3) is 10.0 Å². The Morgan fingerprint density at radius 2 is 2.11 bits per heavy atom. The van der Waals surface area contributed by atoms with Crippen molar-refractivity contribution in [2.45, 2.75) is 11.8 Å². The van der Waals surface area contributed by atoms with Crippen LogP contribution in [0.4, 0.5) is 4.79 Å². The molecule has 0 saturated heterocycles. The molecular weight excluding hydrogens is 296 g/mol. The highest BCUT2D eigenvalue weighted by Crippen LogP contribution is 2.22. The predicted octanol–water partition coefficient (Wildman–Crippen LogP) is 0.474. The average molecular weight is 308 g/mol. The maximum absolute atomic E-state index is 11.9. The molecule has 19 heavy (non-hydrogen) atoms. The van der Waals surface area contributed by atoms with Gasteiger partial charge < -0.3 is 9.47 Å². The molecule has 1 heterocycles. The van der Waals surface area contributed by atoms with Gasteiger partial charge in [0.2, 0.25) is 0 Å². The molecule has 0 unspecified atom stereocenters. The van der Waals surface area contributed by atoms with E-state index >= 15 is 0 Å². The van der Waals surface area contributed by atoms with E-state index in [4.69, 9.17) is 0 Å². The Morgan fingerprint density at radius 1 is 1.42 bits per heavy atom. The third kappa shape index (κ3) is 3.91. The number of rotatable bonds is 5. The molecule has 2 N–H and O–H groups in total. The Balaban J connectivity index is 2.86. The first-order valence-corrected chi connectivity index (χ1v) is 7.39. The summed E-state index contributed by atoms with van der Waals surface area (Å²) >= 11 is 0.916. The molecule has 0 fully saturated rings. The van der Waals surface area contributed by atoms with Crippen LogP contribution in [0.1, 0.15) is 16.6 Å². The molecule has 0 aromatic carbocycles. The van der Waals surface area contributed by atoms with Crippen molar-refractivity contribution in [3.05, 3.63) is 16.3 Å². The van der Waals surface area contributed by atoms with Crippen LogP contribution in [-0.4, -0.2) is 34.2 Å². The lowest BCUT2D eigenvalue weighted by Gasteiger charge is -2.08. The number of hydrazine groups is 1. The van der Waals surface area contributed by atoms with E-state index in [1.165, 1.54) is 11.4 Å². The minimum Gasteiger partial charge on any atom is -0.465 e. The number of esters is 1. The maximum atomic E-state index is 11.9. The van der Waals surface area contributed by atoms with Gasteiger partial charge in [0, 0.05) is 0 Å². The highest BCUT2D eigenvalue weighted by Gasteiger charge is 2.25. The van der Waals surface area contributed by atoms with Crippen LogP contribution < -0.4 is 10.3 Å². The van der Waals surface area contributed by atoms with Gasteiger partial charge in [-0.05, 0) is 18.4 Å². The Labute approximate surface area is 113 Å². The molecule has 8 nitrogen and oxygen atoms in total. The van der Waals surface area contributed by atoms with E-state index in [0.29, 0.717) is 0 Å². The second-order valence-electron chi connectivity index (χ2n) is 3.06. The van der Waals surface area contributed by atoms with Crippen LogP contribution in [0.5, 0.6) is 0 Å². The second kappa shape index (κ2) is 6.50. The minimum absolute atomic E-state index is 0.0827. The Kier molecular flexibility index (Phi) is 5.27. The van der Waals surface area contributed by atoms with Gasteiger partial charge in [0.1, 0.15) is 9.77 Å². The summed E-state index contributed by atoms with van der Waals surface area (Å²) in [5.41, 5.74) is 1.85. The average Bonchev–Trinajstić information content (AvgIpc) is 2.86. The van der Waals surface area contributed by atoms with Crippen molar-refractivity contribution in [3.8, 4) is 0 Å². The second-order valence-corrected chi connectivity index (χ2v) is 5.62. The maximum Gasteiger partial charge on any atom is 0.422 e. The van der Waals surface area contributed by atoms with Crippen molar-refractivity contribution >= 4 is 33.4 Å². The molecule has 0 bridgehead atoms. The monoisotopic (exact) mass is 308 g/mol. The van der Waals surface area contributed by atoms with Crippen LogP contribution in [0.3, 0.4) is 0 Å². The summed E-state index contributed by atoms with van der Waals surface area (Å²) in [4.78, 5) is 23.8. The Bertz CT molecular complexity index is 565. The topological polar surface area (TPSA) is 111 Å². The Hall–Kier alpha value is -1.65. The standard InChI is InChI=1S/C9H12N2O6S2/c1-3-17-9(13)10-11-19(14,15)6-4-5-18-7(6)8(12)16-2/h4-5,11H,3H2,1-2H3,(H,10,13). The number of sulfonamides is 1. The van der Waals surface area contributed by atoms with E-state index in [1.54, 1.807) is 6.92 Å². The van der Waals surface area contributed by atoms with Crippen molar-refractivity contribution < 1.29 is 27.5 Å². The first kappa shape index (κ1) is 15.4. The van der Waals surface area contributed by atoms with Crippen molar-refractivity contribution in [1.82, 2.24) is 10.3 Å². The molecule has 106 valence electrons. The van der Waals surface area contributed by atoms with E-state index in [9.17, 15) is 18.0 Å². The number of carbonyl (C=O) groups excluding carboxylic acids is 2. The lowest BCUT2D eigenvalue weighted by molar-refractivity contribution is 0.0602. The minimum atomic E-state index is -4.07. The summed E-state index contributed by atoms with van der Waals surface area (Å²) in [6.07, 6.45) is -0.944. The first-order chi connectivity index (χ1) is 8.92. The van der Waals surface area contributed by atoms with Gasteiger partial charge in [-0.25, -0.2) is 23.4 Å². The zero-order valence-corrected chi connectivity index (χ0v) is 11.8. The van der Waals surface area contributed by atoms with Gasteiger partial charge in [0.15, 0.2) is 0 Å². The van der Waals surface area contributed by atoms with Gasteiger partial charge in [-0.1, -0.05) is 0 Å². The fourth-order valence-electron chi connectivity index (χ4n) is 1.08. The number of thiophene rings is 1. The summed E-state index contributed by atoms with van der Waals surface area (Å²) in [6.45, 7) is 1.67. The van der Waals surface area contributed by atoms with Crippen LogP contribution in [0, 0.1) is 0 Å². The van der Waals surface area contributed by atoms with E-state index < -0.39 is 22.1 Å². The molecule has 1 aromatic heterocycles. The van der Waals surface area contributed by atoms with Crippen LogP contribution in [0.25, 0.3) is 0 Å². The molecule has 0 radical (unpaired) electrons. The highest BCUT2D eigenvalue weighted by molar-refractivity contribution is 7.89. The molecule has 0 spiro atoms. The number of hydrogen-bond donors (Lipinski definition) is 2. The van der Waals surface area contributed by atoms with E-state index in [2.05, 4.69) is 9.47 Å². The summed E-state index contributed by atoms with van der Waals surface area (Å²) < 4.78 is 32.7. The fraction of sp³-hybridized carbons (Fsp3) is 0.333. The van der Waals surface area contributed by atoms with Crippen molar-refractivity contribution in [2.75, 3.05) is 13.7 Å². The lowest BCUT2D eigenvalue weighted by Crippen LogP contribution is -2.42. The van der Waals surface area contributed by atoms with Gasteiger partial charge in [-0.2, -0.15) is 0 Å². The summed E-state index contributed by atoms with van der Waals surface area (Å²) in [5, 5.41) is 1.42. The molecular formula is C9H12N2O6S2. The van der Waals surface area contributed by atoms with Crippen molar-refractivity contribution in [2.24, 2.45) is 0 Å². The van der Waals surface area contributed by atoms with E-state index in [1.807, 2.05) is 10.3 Å². The quantitative estimate of drug-likeness (QED) is 0.604. The smallest absolute Gasteiger partial charge is 0.422 e. The number of hydrogen-bond acceptors (Lipinski definition) is 7. The molecule has 0 saturated carbocycles. The van der Waals surface area contributed by atoms with Gasteiger partial charge >= 0.3 is 12.1 Å². The fourth-order valence-corrected chi connectivity index (χ4v) is 3.25. The molecule has 10 heteroatoms. The highest BCUT2D eigenvalue weighted by atomic mass is 32.2.